The first-order chi connectivity index (χ1) is 8.70. The zero-order valence-corrected chi connectivity index (χ0v) is 9.54. The van der Waals surface area contributed by atoms with Crippen LogP contribution in [0.15, 0.2) is 34.0 Å². The number of ether oxygens (including phenoxy) is 2. The van der Waals surface area contributed by atoms with E-state index in [1.54, 1.807) is 12.2 Å². The van der Waals surface area contributed by atoms with Crippen LogP contribution < -0.4 is 11.2 Å². The van der Waals surface area contributed by atoms with Gasteiger partial charge in [-0.3, -0.25) is 14.3 Å². The molecule has 0 amide bonds. The summed E-state index contributed by atoms with van der Waals surface area (Å²) in [5.41, 5.74) is -0.950. The Kier molecular flexibility index (Phi) is 3.77. The van der Waals surface area contributed by atoms with Gasteiger partial charge in [-0.15, -0.1) is 6.42 Å². The molecular weight excluding hydrogens is 236 g/mol. The molecule has 6 heteroatoms. The van der Waals surface area contributed by atoms with Gasteiger partial charge in [0.1, 0.15) is 12.7 Å². The van der Waals surface area contributed by atoms with E-state index in [2.05, 4.69) is 10.9 Å². The summed E-state index contributed by atoms with van der Waals surface area (Å²) in [5, 5.41) is 0. The first-order valence-electron chi connectivity index (χ1n) is 5.37. The van der Waals surface area contributed by atoms with Crippen molar-refractivity contribution in [3.8, 4) is 12.3 Å². The normalized spacial score (nSPS) is 21.9. The molecule has 94 valence electrons. The van der Waals surface area contributed by atoms with Crippen LogP contribution in [-0.2, 0) is 9.47 Å². The van der Waals surface area contributed by atoms with E-state index in [0.29, 0.717) is 6.61 Å². The van der Waals surface area contributed by atoms with Gasteiger partial charge in [0.15, 0.2) is 6.23 Å². The minimum absolute atomic E-state index is 0.219. The number of aromatic nitrogens is 2. The lowest BCUT2D eigenvalue weighted by Crippen LogP contribution is -2.32. The Morgan fingerprint density at radius 2 is 2.33 bits per heavy atom. The molecule has 2 atom stereocenters. The number of hydrogen-bond acceptors (Lipinski definition) is 4. The lowest BCUT2D eigenvalue weighted by Gasteiger charge is -2.15. The molecule has 0 saturated heterocycles. The molecule has 18 heavy (non-hydrogen) atoms. The van der Waals surface area contributed by atoms with Crippen molar-refractivity contribution in [2.75, 3.05) is 13.2 Å². The maximum absolute atomic E-state index is 11.5. The van der Waals surface area contributed by atoms with E-state index in [4.69, 9.17) is 15.9 Å². The maximum atomic E-state index is 11.5. The molecule has 6 nitrogen and oxygen atoms in total. The van der Waals surface area contributed by atoms with Crippen molar-refractivity contribution < 1.29 is 9.47 Å². The second kappa shape index (κ2) is 5.49. The molecular formula is C12H12N2O4. The van der Waals surface area contributed by atoms with Crippen LogP contribution in [0.1, 0.15) is 6.23 Å². The fraction of sp³-hybridized carbons (Fsp3) is 0.333. The van der Waals surface area contributed by atoms with E-state index >= 15 is 0 Å². The van der Waals surface area contributed by atoms with Crippen molar-refractivity contribution in [2.24, 2.45) is 0 Å². The molecule has 1 aromatic heterocycles. The second-order valence-electron chi connectivity index (χ2n) is 3.69. The van der Waals surface area contributed by atoms with E-state index in [1.165, 1.54) is 16.8 Å². The number of nitrogens with one attached hydrogen (secondary N) is 1. The van der Waals surface area contributed by atoms with Crippen LogP contribution >= 0.6 is 0 Å². The number of hydrogen-bond donors (Lipinski definition) is 1. The molecule has 0 saturated carbocycles. The summed E-state index contributed by atoms with van der Waals surface area (Å²) in [4.78, 5) is 24.6. The van der Waals surface area contributed by atoms with Crippen molar-refractivity contribution in [2.45, 2.75) is 12.3 Å². The highest BCUT2D eigenvalue weighted by molar-refractivity contribution is 5.02. The van der Waals surface area contributed by atoms with E-state index in [-0.39, 0.29) is 12.7 Å². The third-order valence-electron chi connectivity index (χ3n) is 2.40. The summed E-state index contributed by atoms with van der Waals surface area (Å²) in [6.45, 7) is 0.548. The molecule has 0 bridgehead atoms. The van der Waals surface area contributed by atoms with Crippen molar-refractivity contribution in [1.82, 2.24) is 9.55 Å². The van der Waals surface area contributed by atoms with Gasteiger partial charge in [0, 0.05) is 12.3 Å². The predicted molar refractivity (Wildman–Crippen MR) is 64.0 cm³/mol. The Labute approximate surface area is 103 Å². The van der Waals surface area contributed by atoms with E-state index in [0.717, 1.165) is 0 Å². The zero-order valence-electron chi connectivity index (χ0n) is 9.54. The van der Waals surface area contributed by atoms with Crippen LogP contribution in [0.5, 0.6) is 0 Å². The van der Waals surface area contributed by atoms with Gasteiger partial charge in [-0.1, -0.05) is 12.0 Å². The Bertz CT molecular complexity index is 593. The van der Waals surface area contributed by atoms with Gasteiger partial charge in [0.2, 0.25) is 0 Å². The van der Waals surface area contributed by atoms with E-state index < -0.39 is 17.5 Å². The van der Waals surface area contributed by atoms with E-state index in [1.807, 2.05) is 0 Å². The van der Waals surface area contributed by atoms with Gasteiger partial charge >= 0.3 is 5.69 Å². The Hall–Kier alpha value is -2.10. The summed E-state index contributed by atoms with van der Waals surface area (Å²) in [6.07, 6.45) is 9.18. The monoisotopic (exact) mass is 248 g/mol. The Morgan fingerprint density at radius 1 is 1.50 bits per heavy atom. The van der Waals surface area contributed by atoms with Crippen LogP contribution in [0.2, 0.25) is 0 Å². The van der Waals surface area contributed by atoms with E-state index in [9.17, 15) is 9.59 Å². The van der Waals surface area contributed by atoms with Gasteiger partial charge in [-0.25, -0.2) is 4.79 Å². The summed E-state index contributed by atoms with van der Waals surface area (Å²) >= 11 is 0. The van der Waals surface area contributed by atoms with Crippen LogP contribution in [0.25, 0.3) is 0 Å². The highest BCUT2D eigenvalue weighted by Crippen LogP contribution is 2.19. The van der Waals surface area contributed by atoms with Crippen LogP contribution in [-0.4, -0.2) is 28.9 Å². The Balaban J connectivity index is 2.01. The topological polar surface area (TPSA) is 73.3 Å². The van der Waals surface area contributed by atoms with Crippen molar-refractivity contribution >= 4 is 0 Å². The highest BCUT2D eigenvalue weighted by Gasteiger charge is 2.21. The molecule has 1 N–H and O–H groups in total. The standard InChI is InChI=1S/C12H12N2O4/c1-2-7-17-8-9-3-4-11(18-9)14-6-5-10(15)13-12(14)16/h1,3-6,9,11H,7-8H2,(H,13,15,16)/t9-,11+/m0/s1. The molecule has 0 aliphatic carbocycles. The molecule has 2 heterocycles. The Morgan fingerprint density at radius 3 is 3.06 bits per heavy atom. The molecule has 0 unspecified atom stereocenters. The number of aromatic amines is 1. The van der Waals surface area contributed by atoms with Gasteiger partial charge in [0.25, 0.3) is 5.56 Å². The number of rotatable bonds is 4. The summed E-state index contributed by atoms with van der Waals surface area (Å²) in [6, 6.07) is 1.26. The van der Waals surface area contributed by atoms with Crippen molar-refractivity contribution in [3.05, 3.63) is 45.3 Å². The lowest BCUT2D eigenvalue weighted by atomic mass is 10.4. The van der Waals surface area contributed by atoms with Crippen LogP contribution in [0.4, 0.5) is 0 Å². The zero-order chi connectivity index (χ0) is 13.0. The molecule has 1 aromatic rings. The molecule has 0 aromatic carbocycles. The lowest BCUT2D eigenvalue weighted by molar-refractivity contribution is -0.0250. The predicted octanol–water partition coefficient (Wildman–Crippen LogP) is -0.360. The molecule has 0 radical (unpaired) electrons. The average molecular weight is 248 g/mol. The van der Waals surface area contributed by atoms with Gasteiger partial charge in [0.05, 0.1) is 6.61 Å². The quantitative estimate of drug-likeness (QED) is 0.448. The number of H-pyrrole nitrogens is 1. The van der Waals surface area contributed by atoms with Crippen molar-refractivity contribution in [1.29, 1.82) is 0 Å². The molecule has 2 rings (SSSR count). The minimum atomic E-state index is -0.534. The third kappa shape index (κ3) is 2.77. The fourth-order valence-electron chi connectivity index (χ4n) is 1.60. The van der Waals surface area contributed by atoms with Gasteiger partial charge in [-0.05, 0) is 6.08 Å². The summed E-state index contributed by atoms with van der Waals surface area (Å²) in [7, 11) is 0. The molecule has 1 aliphatic heterocycles. The third-order valence-corrected chi connectivity index (χ3v) is 2.40. The maximum Gasteiger partial charge on any atom is 0.330 e. The number of terminal acetylenes is 1. The molecule has 1 aliphatic rings. The second-order valence-corrected chi connectivity index (χ2v) is 3.69. The summed E-state index contributed by atoms with van der Waals surface area (Å²) in [5.74, 6) is 2.35. The first-order valence-corrected chi connectivity index (χ1v) is 5.37. The average Bonchev–Trinajstić information content (AvgIpc) is 2.78. The highest BCUT2D eigenvalue weighted by atomic mass is 16.5. The fourth-order valence-corrected chi connectivity index (χ4v) is 1.60. The van der Waals surface area contributed by atoms with Crippen LogP contribution in [0, 0.1) is 12.3 Å². The van der Waals surface area contributed by atoms with Crippen molar-refractivity contribution in [3.63, 3.8) is 0 Å². The molecule has 0 spiro atoms. The van der Waals surface area contributed by atoms with Gasteiger partial charge < -0.3 is 9.47 Å². The first kappa shape index (κ1) is 12.4. The molecule has 0 fully saturated rings. The minimum Gasteiger partial charge on any atom is -0.366 e. The number of nitrogens with zero attached hydrogens (tertiary/aromatic N) is 1. The smallest absolute Gasteiger partial charge is 0.330 e. The SMILES string of the molecule is C#CCOC[C@@H]1C=C[C@H](n2ccc(=O)[nH]c2=O)O1. The largest absolute Gasteiger partial charge is 0.366 e. The van der Waals surface area contributed by atoms with Crippen LogP contribution in [0.3, 0.4) is 0 Å². The van der Waals surface area contributed by atoms with Gasteiger partial charge in [-0.2, -0.15) is 0 Å². The summed E-state index contributed by atoms with van der Waals surface area (Å²) < 4.78 is 12.0.